The van der Waals surface area contributed by atoms with Crippen LogP contribution < -0.4 is 0 Å². The number of ether oxygens (including phenoxy) is 3. The molecule has 0 aromatic heterocycles. The summed E-state index contributed by atoms with van der Waals surface area (Å²) in [5.41, 5.74) is 0. The maximum absolute atomic E-state index is 11.4. The summed E-state index contributed by atoms with van der Waals surface area (Å²) in [6.45, 7) is 1.90. The molecule has 2 unspecified atom stereocenters. The van der Waals surface area contributed by atoms with Crippen molar-refractivity contribution in [2.45, 2.75) is 37.9 Å². The molecule has 22 heavy (non-hydrogen) atoms. The Morgan fingerprint density at radius 3 is 1.59 bits per heavy atom. The van der Waals surface area contributed by atoms with Gasteiger partial charge >= 0.3 is 0 Å². The van der Waals surface area contributed by atoms with Gasteiger partial charge in [-0.05, 0) is 30.2 Å². The zero-order chi connectivity index (χ0) is 16.5. The lowest BCUT2D eigenvalue weighted by Crippen LogP contribution is -2.20. The van der Waals surface area contributed by atoms with Gasteiger partial charge in [0.1, 0.15) is 18.8 Å². The standard InChI is InChI=1S/C14H29FO7/c15-22-12-14(18)11-21-8-4-2-6-19-5-1-3-7-20-10-13(17)9-16/h13-14,16-18H,1-12H2. The van der Waals surface area contributed by atoms with E-state index < -0.39 is 12.2 Å². The van der Waals surface area contributed by atoms with Gasteiger partial charge in [0, 0.05) is 26.4 Å². The highest BCUT2D eigenvalue weighted by atomic mass is 19.3. The molecule has 3 N–H and O–H groups in total. The van der Waals surface area contributed by atoms with Crippen LogP contribution in [-0.4, -0.2) is 80.4 Å². The first-order chi connectivity index (χ1) is 10.7. The molecule has 0 aromatic rings. The maximum Gasteiger partial charge on any atom is 0.116 e. The van der Waals surface area contributed by atoms with Crippen molar-refractivity contribution >= 4 is 0 Å². The van der Waals surface area contributed by atoms with Crippen LogP contribution in [0.15, 0.2) is 0 Å². The lowest BCUT2D eigenvalue weighted by atomic mass is 10.3. The quantitative estimate of drug-likeness (QED) is 0.328. The van der Waals surface area contributed by atoms with E-state index in [1.54, 1.807) is 0 Å². The van der Waals surface area contributed by atoms with E-state index in [0.29, 0.717) is 26.4 Å². The van der Waals surface area contributed by atoms with Crippen LogP contribution in [0.5, 0.6) is 0 Å². The molecule has 0 saturated heterocycles. The van der Waals surface area contributed by atoms with Crippen molar-refractivity contribution in [1.29, 1.82) is 0 Å². The average Bonchev–Trinajstić information content (AvgIpc) is 2.51. The Labute approximate surface area is 130 Å². The predicted octanol–water partition coefficient (Wildman–Crippen LogP) is 0.212. The third-order valence-electron chi connectivity index (χ3n) is 2.74. The Balaban J connectivity index is 3.05. The number of aliphatic hydroxyl groups is 3. The number of hydrogen-bond donors (Lipinski definition) is 3. The van der Waals surface area contributed by atoms with Crippen LogP contribution in [0.2, 0.25) is 0 Å². The molecule has 7 nitrogen and oxygen atoms in total. The molecule has 0 aromatic carbocycles. The zero-order valence-electron chi connectivity index (χ0n) is 13.0. The fraction of sp³-hybridized carbons (Fsp3) is 1.00. The third kappa shape index (κ3) is 16.0. The number of hydrogen-bond acceptors (Lipinski definition) is 7. The van der Waals surface area contributed by atoms with Gasteiger partial charge < -0.3 is 29.5 Å². The van der Waals surface area contributed by atoms with Gasteiger partial charge in [0.25, 0.3) is 0 Å². The zero-order valence-corrected chi connectivity index (χ0v) is 13.0. The van der Waals surface area contributed by atoms with E-state index in [9.17, 15) is 4.53 Å². The normalized spacial score (nSPS) is 14.2. The largest absolute Gasteiger partial charge is 0.394 e. The fourth-order valence-corrected chi connectivity index (χ4v) is 1.53. The third-order valence-corrected chi connectivity index (χ3v) is 2.74. The highest BCUT2D eigenvalue weighted by Gasteiger charge is 2.04. The molecule has 0 spiro atoms. The number of aliphatic hydroxyl groups excluding tert-OH is 3. The summed E-state index contributed by atoms with van der Waals surface area (Å²) in [5.74, 6) is 0. The maximum atomic E-state index is 11.4. The van der Waals surface area contributed by atoms with Gasteiger partial charge in [0.2, 0.25) is 0 Å². The molecule has 0 rings (SSSR count). The van der Waals surface area contributed by atoms with E-state index >= 15 is 0 Å². The Morgan fingerprint density at radius 2 is 1.14 bits per heavy atom. The summed E-state index contributed by atoms with van der Waals surface area (Å²) in [5, 5.41) is 26.7. The monoisotopic (exact) mass is 328 g/mol. The van der Waals surface area contributed by atoms with Gasteiger partial charge in [-0.1, -0.05) is 0 Å². The molecule has 0 saturated carbocycles. The highest BCUT2D eigenvalue weighted by Crippen LogP contribution is 1.97. The Kier molecular flexibility index (Phi) is 16.7. The van der Waals surface area contributed by atoms with Gasteiger partial charge in [0.05, 0.1) is 19.8 Å². The minimum absolute atomic E-state index is 0.0652. The molecule has 134 valence electrons. The van der Waals surface area contributed by atoms with E-state index in [-0.39, 0.29) is 26.4 Å². The Bertz CT molecular complexity index is 221. The first-order valence-corrected chi connectivity index (χ1v) is 7.64. The van der Waals surface area contributed by atoms with Crippen molar-refractivity contribution in [2.24, 2.45) is 0 Å². The van der Waals surface area contributed by atoms with E-state index in [4.69, 9.17) is 29.5 Å². The summed E-state index contributed by atoms with van der Waals surface area (Å²) in [6, 6.07) is 0. The molecule has 0 heterocycles. The van der Waals surface area contributed by atoms with Crippen molar-refractivity contribution in [1.82, 2.24) is 0 Å². The Hall–Kier alpha value is -0.350. The number of unbranched alkanes of at least 4 members (excludes halogenated alkanes) is 2. The first-order valence-electron chi connectivity index (χ1n) is 7.64. The summed E-state index contributed by atoms with van der Waals surface area (Å²) >= 11 is 0. The smallest absolute Gasteiger partial charge is 0.116 e. The number of rotatable bonds is 17. The number of halogens is 1. The van der Waals surface area contributed by atoms with Crippen molar-refractivity contribution in [2.75, 3.05) is 52.9 Å². The molecule has 0 aliphatic carbocycles. The molecular formula is C14H29FO7. The molecule has 0 aliphatic rings. The molecule has 0 bridgehead atoms. The topological polar surface area (TPSA) is 97.6 Å². The summed E-state index contributed by atoms with van der Waals surface area (Å²) < 4.78 is 27.1. The van der Waals surface area contributed by atoms with Gasteiger partial charge in [-0.25, -0.2) is 0 Å². The van der Waals surface area contributed by atoms with Crippen LogP contribution in [-0.2, 0) is 19.2 Å². The van der Waals surface area contributed by atoms with Crippen molar-refractivity contribution < 1.29 is 39.0 Å². The minimum Gasteiger partial charge on any atom is -0.394 e. The molecule has 0 radical (unpaired) electrons. The highest BCUT2D eigenvalue weighted by molar-refractivity contribution is 4.50. The van der Waals surface area contributed by atoms with E-state index in [2.05, 4.69) is 4.94 Å². The van der Waals surface area contributed by atoms with E-state index in [1.807, 2.05) is 0 Å². The van der Waals surface area contributed by atoms with Gasteiger partial charge in [-0.3, -0.25) is 0 Å². The van der Waals surface area contributed by atoms with Crippen LogP contribution in [0.3, 0.4) is 0 Å². The molecule has 0 aliphatic heterocycles. The second-order valence-corrected chi connectivity index (χ2v) is 4.94. The van der Waals surface area contributed by atoms with Crippen LogP contribution >= 0.6 is 0 Å². The van der Waals surface area contributed by atoms with Crippen molar-refractivity contribution in [3.05, 3.63) is 0 Å². The van der Waals surface area contributed by atoms with Gasteiger partial charge in [-0.2, -0.15) is 4.94 Å². The second kappa shape index (κ2) is 17.0. The molecule has 0 amide bonds. The predicted molar refractivity (Wildman–Crippen MR) is 77.1 cm³/mol. The SMILES string of the molecule is OCC(O)COCCCCOCCCCOCC(O)COF. The van der Waals surface area contributed by atoms with Crippen LogP contribution in [0.1, 0.15) is 25.7 Å². The molecule has 0 fully saturated rings. The summed E-state index contributed by atoms with van der Waals surface area (Å²) in [7, 11) is 0. The summed E-state index contributed by atoms with van der Waals surface area (Å²) in [6.07, 6.45) is 1.66. The van der Waals surface area contributed by atoms with Gasteiger partial charge in [0.15, 0.2) is 0 Å². The lowest BCUT2D eigenvalue weighted by Gasteiger charge is -2.09. The Morgan fingerprint density at radius 1 is 0.682 bits per heavy atom. The first kappa shape index (κ1) is 21.6. The summed E-state index contributed by atoms with van der Waals surface area (Å²) in [4.78, 5) is 3.30. The van der Waals surface area contributed by atoms with Crippen molar-refractivity contribution in [3.63, 3.8) is 0 Å². The molecular weight excluding hydrogens is 299 g/mol. The fourth-order valence-electron chi connectivity index (χ4n) is 1.53. The van der Waals surface area contributed by atoms with E-state index in [1.165, 1.54) is 0 Å². The van der Waals surface area contributed by atoms with Crippen LogP contribution in [0.25, 0.3) is 0 Å². The lowest BCUT2D eigenvalue weighted by molar-refractivity contribution is -0.164. The molecule has 2 atom stereocenters. The van der Waals surface area contributed by atoms with E-state index in [0.717, 1.165) is 25.7 Å². The average molecular weight is 328 g/mol. The second-order valence-electron chi connectivity index (χ2n) is 4.94. The van der Waals surface area contributed by atoms with Crippen LogP contribution in [0, 0.1) is 0 Å². The minimum atomic E-state index is -0.929. The van der Waals surface area contributed by atoms with Crippen LogP contribution in [0.4, 0.5) is 4.53 Å². The molecule has 8 heteroatoms. The van der Waals surface area contributed by atoms with Crippen molar-refractivity contribution in [3.8, 4) is 0 Å². The van der Waals surface area contributed by atoms with Gasteiger partial charge in [-0.15, -0.1) is 0 Å².